The Kier molecular flexibility index (Phi) is 5.22. The van der Waals surface area contributed by atoms with E-state index < -0.39 is 5.92 Å². The number of nitrogens with zero attached hydrogens (tertiary/aromatic N) is 1. The second kappa shape index (κ2) is 7.81. The van der Waals surface area contributed by atoms with Crippen molar-refractivity contribution in [3.8, 4) is 11.3 Å². The lowest BCUT2D eigenvalue weighted by Crippen LogP contribution is -2.13. The van der Waals surface area contributed by atoms with E-state index in [4.69, 9.17) is 11.6 Å². The van der Waals surface area contributed by atoms with Crippen LogP contribution in [-0.2, 0) is 0 Å². The number of rotatable bonds is 6. The number of halogens is 1. The Labute approximate surface area is 176 Å². The summed E-state index contributed by atoms with van der Waals surface area (Å²) in [5, 5.41) is 14.9. The summed E-state index contributed by atoms with van der Waals surface area (Å²) in [6, 6.07) is 16.6. The topological polar surface area (TPSA) is 76.0 Å². The highest BCUT2D eigenvalue weighted by molar-refractivity contribution is 7.10. The van der Waals surface area contributed by atoms with Crippen molar-refractivity contribution in [3.63, 3.8) is 0 Å². The molecule has 0 amide bonds. The third-order valence-corrected chi connectivity index (χ3v) is 6.17. The third kappa shape index (κ3) is 3.81. The maximum atomic E-state index is 11.6. The molecule has 4 rings (SSSR count). The minimum absolute atomic E-state index is 0.00924. The monoisotopic (exact) mass is 424 g/mol. The lowest BCUT2D eigenvalue weighted by Gasteiger charge is -2.14. The van der Waals surface area contributed by atoms with Gasteiger partial charge in [-0.3, -0.25) is 14.9 Å². The number of H-pyrrole nitrogens is 1. The van der Waals surface area contributed by atoms with E-state index in [1.807, 2.05) is 41.8 Å². The van der Waals surface area contributed by atoms with Gasteiger partial charge in [-0.2, -0.15) is 0 Å². The van der Waals surface area contributed by atoms with Crippen molar-refractivity contribution in [2.45, 2.75) is 12.8 Å². The third-order valence-electron chi connectivity index (χ3n) is 4.95. The summed E-state index contributed by atoms with van der Waals surface area (Å²) in [6.45, 7) is 1.31. The lowest BCUT2D eigenvalue weighted by molar-refractivity contribution is -0.481. The molecule has 2 aromatic carbocycles. The number of Topliss-reactive ketones (excluding diaryl/α,β-unsaturated/α-hetero) is 1. The van der Waals surface area contributed by atoms with Crippen LogP contribution in [0.5, 0.6) is 0 Å². The van der Waals surface area contributed by atoms with Gasteiger partial charge in [0.15, 0.2) is 5.78 Å². The fraction of sp³-hybridized carbons (Fsp3) is 0.136. The Morgan fingerprint density at radius 2 is 1.97 bits per heavy atom. The number of nitrogens with one attached hydrogen (secondary N) is 1. The highest BCUT2D eigenvalue weighted by atomic mass is 35.5. The van der Waals surface area contributed by atoms with Gasteiger partial charge in [-0.25, -0.2) is 0 Å². The molecule has 1 unspecified atom stereocenters. The van der Waals surface area contributed by atoms with E-state index >= 15 is 0 Å². The van der Waals surface area contributed by atoms with E-state index in [0.29, 0.717) is 10.6 Å². The van der Waals surface area contributed by atoms with Crippen LogP contribution in [0.1, 0.15) is 33.6 Å². The van der Waals surface area contributed by atoms with E-state index in [0.717, 1.165) is 32.6 Å². The van der Waals surface area contributed by atoms with E-state index in [-0.39, 0.29) is 17.3 Å². The van der Waals surface area contributed by atoms with Gasteiger partial charge in [0.25, 0.3) is 0 Å². The predicted octanol–water partition coefficient (Wildman–Crippen LogP) is 6.16. The van der Waals surface area contributed by atoms with Gasteiger partial charge in [0.05, 0.1) is 11.6 Å². The van der Waals surface area contributed by atoms with E-state index in [2.05, 4.69) is 4.98 Å². The van der Waals surface area contributed by atoms with Crippen molar-refractivity contribution in [1.82, 2.24) is 4.98 Å². The van der Waals surface area contributed by atoms with Crippen LogP contribution in [0.15, 0.2) is 60.0 Å². The van der Waals surface area contributed by atoms with Crippen LogP contribution >= 0.6 is 22.9 Å². The molecule has 0 aliphatic rings. The number of benzene rings is 2. The lowest BCUT2D eigenvalue weighted by atomic mass is 9.91. The maximum Gasteiger partial charge on any atom is 0.215 e. The molecule has 2 aromatic heterocycles. The Morgan fingerprint density at radius 3 is 2.59 bits per heavy atom. The first-order valence-electron chi connectivity index (χ1n) is 9.01. The summed E-state index contributed by atoms with van der Waals surface area (Å²) in [4.78, 5) is 27.2. The van der Waals surface area contributed by atoms with Crippen LogP contribution in [0.3, 0.4) is 0 Å². The molecule has 7 heteroatoms. The van der Waals surface area contributed by atoms with Crippen molar-refractivity contribution in [2.24, 2.45) is 0 Å². The number of nitro groups is 1. The number of thiophene rings is 1. The van der Waals surface area contributed by atoms with Gasteiger partial charge in [-0.15, -0.1) is 11.3 Å². The van der Waals surface area contributed by atoms with Gasteiger partial charge in [0, 0.05) is 36.9 Å². The van der Waals surface area contributed by atoms with Crippen molar-refractivity contribution in [3.05, 3.63) is 91.1 Å². The van der Waals surface area contributed by atoms with Gasteiger partial charge in [-0.05, 0) is 36.1 Å². The van der Waals surface area contributed by atoms with Gasteiger partial charge >= 0.3 is 0 Å². The molecule has 0 aliphatic heterocycles. The number of hydrogen-bond donors (Lipinski definition) is 1. The molecule has 5 nitrogen and oxygen atoms in total. The van der Waals surface area contributed by atoms with Gasteiger partial charge in [-0.1, -0.05) is 48.0 Å². The Morgan fingerprint density at radius 1 is 1.21 bits per heavy atom. The molecule has 29 heavy (non-hydrogen) atoms. The van der Waals surface area contributed by atoms with Crippen LogP contribution in [-0.4, -0.2) is 22.2 Å². The molecule has 0 spiro atoms. The SMILES string of the molecule is CC(=O)c1ccc(-c2[nH]c3cc(Cl)ccc3c2C(C[N+](=O)[O-])c2cccs2)cc1. The second-order valence-electron chi connectivity index (χ2n) is 6.82. The molecule has 0 aliphatic carbocycles. The molecular weight excluding hydrogens is 408 g/mol. The number of hydrogen-bond acceptors (Lipinski definition) is 4. The molecular formula is C22H17ClN2O3S. The molecule has 0 bridgehead atoms. The molecule has 4 aromatic rings. The minimum atomic E-state index is -0.401. The normalized spacial score (nSPS) is 12.2. The first-order valence-corrected chi connectivity index (χ1v) is 10.3. The summed E-state index contributed by atoms with van der Waals surface area (Å²) in [6.07, 6.45) is 0. The van der Waals surface area contributed by atoms with Crippen LogP contribution in [0.2, 0.25) is 5.02 Å². The summed E-state index contributed by atoms with van der Waals surface area (Å²) >= 11 is 7.69. The number of aromatic nitrogens is 1. The molecule has 146 valence electrons. The molecule has 2 heterocycles. The number of ketones is 1. The molecule has 0 saturated heterocycles. The quantitative estimate of drug-likeness (QED) is 0.229. The average Bonchev–Trinajstić information content (AvgIpc) is 3.34. The smallest absolute Gasteiger partial charge is 0.215 e. The van der Waals surface area contributed by atoms with Crippen molar-refractivity contribution >= 4 is 39.6 Å². The summed E-state index contributed by atoms with van der Waals surface area (Å²) in [5.74, 6) is -0.410. The van der Waals surface area contributed by atoms with Crippen LogP contribution in [0.4, 0.5) is 0 Å². The van der Waals surface area contributed by atoms with Crippen LogP contribution < -0.4 is 0 Å². The maximum absolute atomic E-state index is 11.6. The zero-order chi connectivity index (χ0) is 20.5. The fourth-order valence-electron chi connectivity index (χ4n) is 3.61. The summed E-state index contributed by atoms with van der Waals surface area (Å²) in [5.41, 5.74) is 3.98. The predicted molar refractivity (Wildman–Crippen MR) is 117 cm³/mol. The zero-order valence-electron chi connectivity index (χ0n) is 15.5. The van der Waals surface area contributed by atoms with E-state index in [9.17, 15) is 14.9 Å². The second-order valence-corrected chi connectivity index (χ2v) is 8.24. The van der Waals surface area contributed by atoms with Gasteiger partial charge < -0.3 is 4.98 Å². The largest absolute Gasteiger partial charge is 0.354 e. The number of aromatic amines is 1. The van der Waals surface area contributed by atoms with Gasteiger partial charge in [0.1, 0.15) is 0 Å². The molecule has 1 N–H and O–H groups in total. The first kappa shape index (κ1) is 19.4. The number of carbonyl (C=O) groups is 1. The minimum Gasteiger partial charge on any atom is -0.354 e. The summed E-state index contributed by atoms with van der Waals surface area (Å²) < 4.78 is 0. The highest BCUT2D eigenvalue weighted by Gasteiger charge is 2.28. The Bertz CT molecular complexity index is 1200. The zero-order valence-corrected chi connectivity index (χ0v) is 17.1. The van der Waals surface area contributed by atoms with E-state index in [1.165, 1.54) is 18.3 Å². The standard InChI is InChI=1S/C22H17ClN2O3S/c1-13(26)14-4-6-15(7-5-14)22-21(17-9-8-16(23)11-19(17)24-22)18(12-25(27)28)20-3-2-10-29-20/h2-11,18,24H,12H2,1H3. The number of fused-ring (bicyclic) bond motifs is 1. The highest BCUT2D eigenvalue weighted by Crippen LogP contribution is 2.41. The van der Waals surface area contributed by atoms with Crippen molar-refractivity contribution in [2.75, 3.05) is 6.54 Å². The summed E-state index contributed by atoms with van der Waals surface area (Å²) in [7, 11) is 0. The van der Waals surface area contributed by atoms with Crippen molar-refractivity contribution < 1.29 is 9.72 Å². The average molecular weight is 425 g/mol. The molecule has 0 saturated carbocycles. The van der Waals surface area contributed by atoms with Crippen LogP contribution in [0.25, 0.3) is 22.2 Å². The van der Waals surface area contributed by atoms with Crippen molar-refractivity contribution in [1.29, 1.82) is 0 Å². The Hall–Kier alpha value is -2.96. The first-order chi connectivity index (χ1) is 13.9. The Balaban J connectivity index is 1.96. The number of carbonyl (C=O) groups excluding carboxylic acids is 1. The molecule has 1 atom stereocenters. The van der Waals surface area contributed by atoms with Gasteiger partial charge in [0.2, 0.25) is 6.54 Å². The van der Waals surface area contributed by atoms with Crippen LogP contribution in [0, 0.1) is 10.1 Å². The van der Waals surface area contributed by atoms with E-state index in [1.54, 1.807) is 18.2 Å². The molecule has 0 radical (unpaired) electrons. The fourth-order valence-corrected chi connectivity index (χ4v) is 4.61. The molecule has 0 fully saturated rings.